The predicted octanol–water partition coefficient (Wildman–Crippen LogP) is 3.00. The van der Waals surface area contributed by atoms with Crippen LogP contribution in [-0.2, 0) is 0 Å². The molecule has 0 aliphatic rings. The zero-order chi connectivity index (χ0) is 13.7. The number of nitrogens with zero attached hydrogens (tertiary/aromatic N) is 2. The molecule has 0 aliphatic heterocycles. The Morgan fingerprint density at radius 3 is 2.70 bits per heavy atom. The summed E-state index contributed by atoms with van der Waals surface area (Å²) in [5, 5.41) is 3.93. The zero-order valence-corrected chi connectivity index (χ0v) is 11.2. The molecule has 4 aromatic rings. The minimum atomic E-state index is 0.180. The highest BCUT2D eigenvalue weighted by Crippen LogP contribution is 2.37. The molecular formula is C14H11N5S. The maximum atomic E-state index is 6.04. The van der Waals surface area contributed by atoms with Gasteiger partial charge in [0, 0.05) is 21.3 Å². The number of aromatic amines is 1. The van der Waals surface area contributed by atoms with Crippen molar-refractivity contribution in [3.05, 3.63) is 35.7 Å². The van der Waals surface area contributed by atoms with Crippen molar-refractivity contribution in [1.29, 1.82) is 0 Å². The number of nitrogens with one attached hydrogen (secondary N) is 1. The molecule has 1 aromatic carbocycles. The van der Waals surface area contributed by atoms with E-state index in [1.807, 2.05) is 18.2 Å². The average molecular weight is 281 g/mol. The lowest BCUT2D eigenvalue weighted by atomic mass is 10.1. The van der Waals surface area contributed by atoms with E-state index in [1.54, 1.807) is 11.3 Å². The van der Waals surface area contributed by atoms with Gasteiger partial charge in [0.15, 0.2) is 0 Å². The summed E-state index contributed by atoms with van der Waals surface area (Å²) in [5.74, 6) is 0.585. The Morgan fingerprint density at radius 2 is 1.90 bits per heavy atom. The maximum Gasteiger partial charge on any atom is 0.223 e. The first-order chi connectivity index (χ1) is 9.74. The van der Waals surface area contributed by atoms with Crippen molar-refractivity contribution in [2.24, 2.45) is 0 Å². The fourth-order valence-electron chi connectivity index (χ4n) is 2.52. The molecule has 4 rings (SSSR count). The van der Waals surface area contributed by atoms with Crippen LogP contribution >= 0.6 is 11.3 Å². The number of nitrogens with two attached hydrogens (primary N) is 2. The number of anilines is 2. The van der Waals surface area contributed by atoms with Crippen LogP contribution in [0.1, 0.15) is 0 Å². The van der Waals surface area contributed by atoms with Crippen molar-refractivity contribution in [3.8, 4) is 10.4 Å². The topological polar surface area (TPSA) is 93.6 Å². The third-order valence-corrected chi connectivity index (χ3v) is 4.21. The number of rotatable bonds is 1. The quantitative estimate of drug-likeness (QED) is 0.500. The van der Waals surface area contributed by atoms with E-state index >= 15 is 0 Å². The fourth-order valence-corrected chi connectivity index (χ4v) is 3.28. The van der Waals surface area contributed by atoms with Gasteiger partial charge >= 0.3 is 0 Å². The van der Waals surface area contributed by atoms with Gasteiger partial charge in [-0.05, 0) is 17.5 Å². The van der Waals surface area contributed by atoms with E-state index in [1.165, 1.54) is 4.88 Å². The Hall–Kier alpha value is -2.60. The first-order valence-corrected chi connectivity index (χ1v) is 6.99. The number of benzene rings is 1. The summed E-state index contributed by atoms with van der Waals surface area (Å²) in [6.07, 6.45) is 0. The van der Waals surface area contributed by atoms with Crippen LogP contribution in [0.15, 0.2) is 35.7 Å². The van der Waals surface area contributed by atoms with E-state index in [-0.39, 0.29) is 5.95 Å². The Morgan fingerprint density at radius 1 is 1.00 bits per heavy atom. The second-order valence-corrected chi connectivity index (χ2v) is 5.47. The Bertz CT molecular complexity index is 924. The number of nitrogen functional groups attached to an aromatic ring is 2. The summed E-state index contributed by atoms with van der Waals surface area (Å²) in [6.45, 7) is 0. The number of thiophene rings is 1. The van der Waals surface area contributed by atoms with Gasteiger partial charge in [0.1, 0.15) is 11.5 Å². The van der Waals surface area contributed by atoms with Crippen LogP contribution in [0.5, 0.6) is 0 Å². The van der Waals surface area contributed by atoms with Gasteiger partial charge in [-0.25, -0.2) is 0 Å². The molecule has 6 heteroatoms. The predicted molar refractivity (Wildman–Crippen MR) is 83.5 cm³/mol. The minimum Gasteiger partial charge on any atom is -0.383 e. The summed E-state index contributed by atoms with van der Waals surface area (Å²) >= 11 is 1.69. The van der Waals surface area contributed by atoms with E-state index < -0.39 is 0 Å². The molecule has 20 heavy (non-hydrogen) atoms. The highest BCUT2D eigenvalue weighted by Gasteiger charge is 2.15. The summed E-state index contributed by atoms with van der Waals surface area (Å²) in [6, 6.07) is 10.2. The van der Waals surface area contributed by atoms with Gasteiger partial charge in [0.2, 0.25) is 5.95 Å². The molecule has 5 nitrogen and oxygen atoms in total. The second kappa shape index (κ2) is 3.94. The maximum absolute atomic E-state index is 6.04. The van der Waals surface area contributed by atoms with Gasteiger partial charge in [-0.15, -0.1) is 11.3 Å². The number of hydrogen-bond acceptors (Lipinski definition) is 5. The molecule has 0 saturated heterocycles. The number of hydrogen-bond donors (Lipinski definition) is 3. The molecule has 3 heterocycles. The molecule has 5 N–H and O–H groups in total. The van der Waals surface area contributed by atoms with Gasteiger partial charge in [-0.1, -0.05) is 18.2 Å². The summed E-state index contributed by atoms with van der Waals surface area (Å²) in [7, 11) is 0. The smallest absolute Gasteiger partial charge is 0.223 e. The van der Waals surface area contributed by atoms with Gasteiger partial charge in [-0.2, -0.15) is 9.97 Å². The van der Waals surface area contributed by atoms with Crippen LogP contribution in [0.3, 0.4) is 0 Å². The molecule has 0 atom stereocenters. The van der Waals surface area contributed by atoms with Crippen LogP contribution in [0.2, 0.25) is 0 Å². The molecule has 0 saturated carbocycles. The van der Waals surface area contributed by atoms with Crippen LogP contribution in [0.4, 0.5) is 11.8 Å². The number of H-pyrrole nitrogens is 1. The summed E-state index contributed by atoms with van der Waals surface area (Å²) in [4.78, 5) is 12.7. The van der Waals surface area contributed by atoms with Crippen LogP contribution in [-0.4, -0.2) is 15.0 Å². The average Bonchev–Trinajstić information content (AvgIpc) is 3.04. The Labute approximate surface area is 118 Å². The van der Waals surface area contributed by atoms with Crippen LogP contribution < -0.4 is 11.5 Å². The molecule has 3 aromatic heterocycles. The lowest BCUT2D eigenvalue weighted by Crippen LogP contribution is -1.99. The molecule has 0 fully saturated rings. The number of fused-ring (bicyclic) bond motifs is 3. The van der Waals surface area contributed by atoms with Crippen LogP contribution in [0, 0.1) is 0 Å². The Kier molecular flexibility index (Phi) is 2.22. The van der Waals surface area contributed by atoms with Gasteiger partial charge in [0.05, 0.1) is 5.39 Å². The third kappa shape index (κ3) is 1.48. The largest absolute Gasteiger partial charge is 0.383 e. The SMILES string of the molecule is Nc1nc(N)c2c(n1)[nH]c1cccc(-c3cccs3)c12. The fraction of sp³-hybridized carbons (Fsp3) is 0. The highest BCUT2D eigenvalue weighted by atomic mass is 32.1. The van der Waals surface area contributed by atoms with Crippen molar-refractivity contribution >= 4 is 45.0 Å². The molecule has 0 amide bonds. The molecule has 0 radical (unpaired) electrons. The lowest BCUT2D eigenvalue weighted by molar-refractivity contribution is 1.23. The Balaban J connectivity index is 2.22. The van der Waals surface area contributed by atoms with E-state index in [9.17, 15) is 0 Å². The normalized spacial score (nSPS) is 11.4. The zero-order valence-electron chi connectivity index (χ0n) is 10.4. The van der Waals surface area contributed by atoms with E-state index in [0.29, 0.717) is 11.5 Å². The van der Waals surface area contributed by atoms with Crippen molar-refractivity contribution in [3.63, 3.8) is 0 Å². The van der Waals surface area contributed by atoms with E-state index in [0.717, 1.165) is 21.9 Å². The first-order valence-electron chi connectivity index (χ1n) is 6.11. The summed E-state index contributed by atoms with van der Waals surface area (Å²) in [5.41, 5.74) is 14.5. The van der Waals surface area contributed by atoms with Crippen molar-refractivity contribution in [1.82, 2.24) is 15.0 Å². The molecule has 0 aliphatic carbocycles. The standard InChI is InChI=1S/C14H11N5S/c15-12-11-10-7(9-5-2-6-20-9)3-1-4-8(10)17-13(11)19-14(16)18-12/h1-6H,(H5,15,16,17,18,19). The number of aromatic nitrogens is 3. The second-order valence-electron chi connectivity index (χ2n) is 4.52. The first kappa shape index (κ1) is 11.2. The van der Waals surface area contributed by atoms with E-state index in [4.69, 9.17) is 11.5 Å². The van der Waals surface area contributed by atoms with Crippen molar-refractivity contribution in [2.75, 3.05) is 11.5 Å². The van der Waals surface area contributed by atoms with Gasteiger partial charge in [-0.3, -0.25) is 0 Å². The molecule has 0 unspecified atom stereocenters. The highest BCUT2D eigenvalue weighted by molar-refractivity contribution is 7.13. The van der Waals surface area contributed by atoms with Crippen molar-refractivity contribution < 1.29 is 0 Å². The summed E-state index contributed by atoms with van der Waals surface area (Å²) < 4.78 is 0. The van der Waals surface area contributed by atoms with Gasteiger partial charge < -0.3 is 16.5 Å². The molecule has 0 bridgehead atoms. The third-order valence-electron chi connectivity index (χ3n) is 3.31. The van der Waals surface area contributed by atoms with Gasteiger partial charge in [0.25, 0.3) is 0 Å². The van der Waals surface area contributed by atoms with Crippen LogP contribution in [0.25, 0.3) is 32.4 Å². The van der Waals surface area contributed by atoms with Crippen molar-refractivity contribution in [2.45, 2.75) is 0 Å². The lowest BCUT2D eigenvalue weighted by Gasteiger charge is -2.02. The van der Waals surface area contributed by atoms with E-state index in [2.05, 4.69) is 32.5 Å². The monoisotopic (exact) mass is 281 g/mol. The minimum absolute atomic E-state index is 0.180. The molecule has 0 spiro atoms. The molecule has 98 valence electrons. The molecular weight excluding hydrogens is 270 g/mol.